The normalized spacial score (nSPS) is 21.3. The maximum Gasteiger partial charge on any atom is 0.0657 e. The quantitative estimate of drug-likeness (QED) is 0.744. The lowest BCUT2D eigenvalue weighted by molar-refractivity contribution is 0.151. The highest BCUT2D eigenvalue weighted by molar-refractivity contribution is 5.18. The van der Waals surface area contributed by atoms with Crippen molar-refractivity contribution in [2.24, 2.45) is 0 Å². The summed E-state index contributed by atoms with van der Waals surface area (Å²) in [6.07, 6.45) is 5.34. The van der Waals surface area contributed by atoms with Crippen LogP contribution in [0.4, 0.5) is 0 Å². The summed E-state index contributed by atoms with van der Waals surface area (Å²) in [5, 5.41) is 3.64. The Morgan fingerprint density at radius 2 is 2.10 bits per heavy atom. The van der Waals surface area contributed by atoms with Gasteiger partial charge in [0.1, 0.15) is 0 Å². The zero-order valence-corrected chi connectivity index (χ0v) is 13.6. The molecule has 0 bridgehead atoms. The second-order valence-electron chi connectivity index (χ2n) is 6.11. The molecule has 2 unspecified atom stereocenters. The lowest BCUT2D eigenvalue weighted by atomic mass is 10.0. The van der Waals surface area contributed by atoms with Crippen LogP contribution in [0, 0.1) is 0 Å². The number of methoxy groups -OCH3 is 1. The Kier molecular flexibility index (Phi) is 7.20. The van der Waals surface area contributed by atoms with Gasteiger partial charge in [-0.3, -0.25) is 0 Å². The molecule has 0 radical (unpaired) electrons. The van der Waals surface area contributed by atoms with Gasteiger partial charge in [0.05, 0.1) is 12.6 Å². The van der Waals surface area contributed by atoms with Crippen molar-refractivity contribution in [3.05, 3.63) is 35.9 Å². The molecule has 1 aliphatic rings. The maximum atomic E-state index is 5.35. The molecular weight excluding hydrogens is 260 g/mol. The lowest BCUT2D eigenvalue weighted by Gasteiger charge is -2.33. The zero-order valence-electron chi connectivity index (χ0n) is 13.6. The Balaban J connectivity index is 1.72. The van der Waals surface area contributed by atoms with Gasteiger partial charge in [-0.25, -0.2) is 0 Å². The van der Waals surface area contributed by atoms with Crippen LogP contribution in [0.2, 0.25) is 0 Å². The number of likely N-dealkylation sites (tertiary alicyclic amines) is 1. The van der Waals surface area contributed by atoms with Crippen LogP contribution in [0.15, 0.2) is 30.3 Å². The third-order valence-electron chi connectivity index (χ3n) is 4.49. The molecule has 3 nitrogen and oxygen atoms in total. The van der Waals surface area contributed by atoms with Gasteiger partial charge in [-0.15, -0.1) is 0 Å². The predicted molar refractivity (Wildman–Crippen MR) is 88.6 cm³/mol. The molecule has 1 aliphatic heterocycles. The van der Waals surface area contributed by atoms with Crippen LogP contribution in [-0.4, -0.2) is 44.3 Å². The first-order chi connectivity index (χ1) is 10.3. The first-order valence-corrected chi connectivity index (χ1v) is 8.32. The Bertz CT molecular complexity index is 382. The summed E-state index contributed by atoms with van der Waals surface area (Å²) < 4.78 is 5.35. The summed E-state index contributed by atoms with van der Waals surface area (Å²) in [4.78, 5) is 2.64. The van der Waals surface area contributed by atoms with Gasteiger partial charge in [0.25, 0.3) is 0 Å². The average molecular weight is 290 g/mol. The fraction of sp³-hybridized carbons (Fsp3) is 0.667. The number of nitrogens with zero attached hydrogens (tertiary/aromatic N) is 1. The van der Waals surface area contributed by atoms with Crippen molar-refractivity contribution in [3.8, 4) is 0 Å². The molecule has 1 aromatic carbocycles. The fourth-order valence-electron chi connectivity index (χ4n) is 3.17. The van der Waals surface area contributed by atoms with E-state index in [4.69, 9.17) is 4.74 Å². The summed E-state index contributed by atoms with van der Waals surface area (Å²) in [5.41, 5.74) is 1.31. The lowest BCUT2D eigenvalue weighted by Crippen LogP contribution is -2.39. The molecule has 2 rings (SSSR count). The number of rotatable bonds is 8. The molecule has 2 atom stereocenters. The molecule has 1 aromatic rings. The van der Waals surface area contributed by atoms with Crippen molar-refractivity contribution in [1.29, 1.82) is 0 Å². The standard InChI is InChI=1S/C18H30N2O/c1-16-9-6-7-13-20(16)14-8-12-19-18(15-21-2)17-10-4-3-5-11-17/h3-5,10-11,16,18-19H,6-9,12-15H2,1-2H3. The smallest absolute Gasteiger partial charge is 0.0657 e. The zero-order chi connectivity index (χ0) is 14.9. The van der Waals surface area contributed by atoms with Crippen LogP contribution >= 0.6 is 0 Å². The molecule has 1 N–H and O–H groups in total. The second-order valence-corrected chi connectivity index (χ2v) is 6.11. The molecule has 0 spiro atoms. The van der Waals surface area contributed by atoms with Crippen LogP contribution in [-0.2, 0) is 4.74 Å². The van der Waals surface area contributed by atoms with Crippen molar-refractivity contribution in [2.75, 3.05) is 33.4 Å². The number of hydrogen-bond donors (Lipinski definition) is 1. The number of hydrogen-bond acceptors (Lipinski definition) is 3. The first kappa shape index (κ1) is 16.5. The Morgan fingerprint density at radius 1 is 1.29 bits per heavy atom. The van der Waals surface area contributed by atoms with Crippen molar-refractivity contribution in [3.63, 3.8) is 0 Å². The average Bonchev–Trinajstić information content (AvgIpc) is 2.53. The summed E-state index contributed by atoms with van der Waals surface area (Å²) >= 11 is 0. The third-order valence-corrected chi connectivity index (χ3v) is 4.49. The molecule has 1 saturated heterocycles. The van der Waals surface area contributed by atoms with Crippen LogP contribution < -0.4 is 5.32 Å². The topological polar surface area (TPSA) is 24.5 Å². The van der Waals surface area contributed by atoms with Gasteiger partial charge >= 0.3 is 0 Å². The van der Waals surface area contributed by atoms with Crippen LogP contribution in [0.5, 0.6) is 0 Å². The Labute approximate surface area is 129 Å². The molecule has 0 saturated carbocycles. The number of nitrogens with one attached hydrogen (secondary N) is 1. The molecule has 0 aromatic heterocycles. The predicted octanol–water partition coefficient (Wildman–Crippen LogP) is 3.23. The van der Waals surface area contributed by atoms with Crippen molar-refractivity contribution < 1.29 is 4.74 Å². The van der Waals surface area contributed by atoms with Crippen molar-refractivity contribution >= 4 is 0 Å². The highest BCUT2D eigenvalue weighted by Crippen LogP contribution is 2.16. The van der Waals surface area contributed by atoms with Gasteiger partial charge in [0.15, 0.2) is 0 Å². The van der Waals surface area contributed by atoms with Gasteiger partial charge in [0.2, 0.25) is 0 Å². The van der Waals surface area contributed by atoms with E-state index in [9.17, 15) is 0 Å². The van der Waals surface area contributed by atoms with Crippen LogP contribution in [0.3, 0.4) is 0 Å². The van der Waals surface area contributed by atoms with Gasteiger partial charge in [0, 0.05) is 13.2 Å². The number of ether oxygens (including phenoxy) is 1. The van der Waals surface area contributed by atoms with Gasteiger partial charge in [-0.1, -0.05) is 36.8 Å². The molecule has 1 heterocycles. The first-order valence-electron chi connectivity index (χ1n) is 8.32. The Morgan fingerprint density at radius 3 is 2.81 bits per heavy atom. The van der Waals surface area contributed by atoms with E-state index in [2.05, 4.69) is 47.5 Å². The van der Waals surface area contributed by atoms with Crippen molar-refractivity contribution in [2.45, 2.75) is 44.7 Å². The summed E-state index contributed by atoms with van der Waals surface area (Å²) in [6, 6.07) is 11.7. The highest BCUT2D eigenvalue weighted by Gasteiger charge is 2.17. The van der Waals surface area contributed by atoms with Crippen molar-refractivity contribution in [1.82, 2.24) is 10.2 Å². The van der Waals surface area contributed by atoms with E-state index in [-0.39, 0.29) is 0 Å². The maximum absolute atomic E-state index is 5.35. The highest BCUT2D eigenvalue weighted by atomic mass is 16.5. The van der Waals surface area contributed by atoms with E-state index in [1.165, 1.54) is 44.3 Å². The number of piperidine rings is 1. The minimum absolute atomic E-state index is 0.301. The van der Waals surface area contributed by atoms with E-state index in [0.717, 1.165) is 19.2 Å². The number of benzene rings is 1. The molecule has 0 aliphatic carbocycles. The molecule has 1 fully saturated rings. The summed E-state index contributed by atoms with van der Waals surface area (Å²) in [7, 11) is 1.77. The fourth-order valence-corrected chi connectivity index (χ4v) is 3.17. The van der Waals surface area contributed by atoms with Gasteiger partial charge < -0.3 is 15.0 Å². The largest absolute Gasteiger partial charge is 0.383 e. The van der Waals surface area contributed by atoms with E-state index < -0.39 is 0 Å². The second kappa shape index (κ2) is 9.19. The Hall–Kier alpha value is -0.900. The third kappa shape index (κ3) is 5.42. The van der Waals surface area contributed by atoms with E-state index in [1.54, 1.807) is 7.11 Å². The van der Waals surface area contributed by atoms with Crippen LogP contribution in [0.25, 0.3) is 0 Å². The van der Waals surface area contributed by atoms with Gasteiger partial charge in [-0.2, -0.15) is 0 Å². The summed E-state index contributed by atoms with van der Waals surface area (Å²) in [6.45, 7) is 6.63. The molecule has 3 heteroatoms. The molecular formula is C18H30N2O. The van der Waals surface area contributed by atoms with Gasteiger partial charge in [-0.05, 0) is 51.4 Å². The molecule has 0 amide bonds. The monoisotopic (exact) mass is 290 g/mol. The van der Waals surface area contributed by atoms with Crippen LogP contribution in [0.1, 0.15) is 44.2 Å². The SMILES string of the molecule is COCC(NCCCN1CCCCC1C)c1ccccc1. The molecule has 21 heavy (non-hydrogen) atoms. The van der Waals surface area contributed by atoms with E-state index in [1.807, 2.05) is 0 Å². The van der Waals surface area contributed by atoms with E-state index in [0.29, 0.717) is 6.04 Å². The van der Waals surface area contributed by atoms with E-state index >= 15 is 0 Å². The minimum atomic E-state index is 0.301. The minimum Gasteiger partial charge on any atom is -0.383 e. The summed E-state index contributed by atoms with van der Waals surface area (Å²) in [5.74, 6) is 0. The molecule has 118 valence electrons.